The normalized spacial score (nSPS) is 20.6. The molecule has 19 heavy (non-hydrogen) atoms. The molecule has 1 aromatic heterocycles. The molecule has 1 N–H and O–H groups in total. The summed E-state index contributed by atoms with van der Waals surface area (Å²) in [5.74, 6) is -0.641. The number of nitrogens with zero attached hydrogens (tertiary/aromatic N) is 1. The van der Waals surface area contributed by atoms with Crippen LogP contribution in [0, 0.1) is 5.92 Å². The van der Waals surface area contributed by atoms with Crippen LogP contribution in [-0.4, -0.2) is 41.9 Å². The minimum atomic E-state index is -4.48. The Morgan fingerprint density at radius 2 is 2.05 bits per heavy atom. The first-order chi connectivity index (χ1) is 8.97. The Balaban J connectivity index is 1.73. The highest BCUT2D eigenvalue weighted by Crippen LogP contribution is 2.31. The fourth-order valence-corrected chi connectivity index (χ4v) is 3.18. The molecule has 0 spiro atoms. The summed E-state index contributed by atoms with van der Waals surface area (Å²) >= 11 is 1.70. The lowest BCUT2D eigenvalue weighted by Crippen LogP contribution is -2.43. The van der Waals surface area contributed by atoms with Crippen molar-refractivity contribution in [1.29, 1.82) is 0 Å². The Bertz CT molecular complexity index is 372. The molecule has 1 saturated heterocycles. The topological polar surface area (TPSA) is 23.5 Å². The SMILES string of the molecule is OC(C1CCN(CCc2cccs2)CC1)C(F)(F)F. The average Bonchev–Trinajstić information content (AvgIpc) is 2.88. The van der Waals surface area contributed by atoms with Crippen LogP contribution in [0.4, 0.5) is 13.2 Å². The maximum atomic E-state index is 12.4. The van der Waals surface area contributed by atoms with Crippen molar-refractivity contribution in [2.75, 3.05) is 19.6 Å². The fourth-order valence-electron chi connectivity index (χ4n) is 2.48. The molecule has 1 aliphatic rings. The van der Waals surface area contributed by atoms with Crippen LogP contribution in [0.15, 0.2) is 17.5 Å². The molecule has 1 atom stereocenters. The van der Waals surface area contributed by atoms with Crippen LogP contribution in [0.25, 0.3) is 0 Å². The molecule has 1 unspecified atom stereocenters. The molecule has 0 aliphatic carbocycles. The van der Waals surface area contributed by atoms with E-state index in [1.807, 2.05) is 11.4 Å². The lowest BCUT2D eigenvalue weighted by atomic mass is 9.91. The van der Waals surface area contributed by atoms with Gasteiger partial charge in [-0.3, -0.25) is 0 Å². The van der Waals surface area contributed by atoms with Gasteiger partial charge in [0.1, 0.15) is 0 Å². The monoisotopic (exact) mass is 293 g/mol. The summed E-state index contributed by atoms with van der Waals surface area (Å²) in [6.45, 7) is 2.17. The highest BCUT2D eigenvalue weighted by atomic mass is 32.1. The van der Waals surface area contributed by atoms with Gasteiger partial charge >= 0.3 is 6.18 Å². The van der Waals surface area contributed by atoms with Crippen molar-refractivity contribution < 1.29 is 18.3 Å². The van der Waals surface area contributed by atoms with E-state index in [0.29, 0.717) is 25.9 Å². The predicted octanol–water partition coefficient (Wildman–Crippen LogP) is 2.93. The van der Waals surface area contributed by atoms with Crippen molar-refractivity contribution in [1.82, 2.24) is 4.90 Å². The van der Waals surface area contributed by atoms with Gasteiger partial charge in [0, 0.05) is 11.4 Å². The van der Waals surface area contributed by atoms with Crippen molar-refractivity contribution in [3.05, 3.63) is 22.4 Å². The highest BCUT2D eigenvalue weighted by Gasteiger charge is 2.43. The lowest BCUT2D eigenvalue weighted by Gasteiger charge is -2.34. The van der Waals surface area contributed by atoms with E-state index in [2.05, 4.69) is 11.0 Å². The van der Waals surface area contributed by atoms with Gasteiger partial charge in [0.2, 0.25) is 0 Å². The minimum absolute atomic E-state index is 0.422. The van der Waals surface area contributed by atoms with Crippen LogP contribution >= 0.6 is 11.3 Å². The largest absolute Gasteiger partial charge is 0.414 e. The number of hydrogen-bond donors (Lipinski definition) is 1. The number of rotatable bonds is 4. The smallest absolute Gasteiger partial charge is 0.383 e. The van der Waals surface area contributed by atoms with Crippen LogP contribution in [0.2, 0.25) is 0 Å². The minimum Gasteiger partial charge on any atom is -0.383 e. The summed E-state index contributed by atoms with van der Waals surface area (Å²) < 4.78 is 37.2. The number of piperidine rings is 1. The molecule has 2 heterocycles. The molecule has 0 saturated carbocycles. The number of aliphatic hydroxyl groups excluding tert-OH is 1. The van der Waals surface area contributed by atoms with Crippen molar-refractivity contribution in [3.8, 4) is 0 Å². The second-order valence-electron chi connectivity index (χ2n) is 4.99. The molecule has 1 aliphatic heterocycles. The Morgan fingerprint density at radius 1 is 1.37 bits per heavy atom. The van der Waals surface area contributed by atoms with Crippen molar-refractivity contribution in [2.45, 2.75) is 31.5 Å². The summed E-state index contributed by atoms with van der Waals surface area (Å²) in [6.07, 6.45) is -4.85. The number of likely N-dealkylation sites (tertiary alicyclic amines) is 1. The summed E-state index contributed by atoms with van der Waals surface area (Å²) in [6, 6.07) is 4.08. The summed E-state index contributed by atoms with van der Waals surface area (Å²) in [5.41, 5.74) is 0. The van der Waals surface area contributed by atoms with Crippen molar-refractivity contribution >= 4 is 11.3 Å². The van der Waals surface area contributed by atoms with Crippen molar-refractivity contribution in [3.63, 3.8) is 0 Å². The van der Waals surface area contributed by atoms with Gasteiger partial charge in [0.05, 0.1) is 0 Å². The molecular formula is C13H18F3NOS. The molecule has 108 valence electrons. The molecule has 6 heteroatoms. The van der Waals surface area contributed by atoms with Gasteiger partial charge in [-0.1, -0.05) is 6.07 Å². The van der Waals surface area contributed by atoms with Gasteiger partial charge in [-0.2, -0.15) is 13.2 Å². The fraction of sp³-hybridized carbons (Fsp3) is 0.692. The molecular weight excluding hydrogens is 275 g/mol. The maximum absolute atomic E-state index is 12.4. The molecule has 2 nitrogen and oxygen atoms in total. The maximum Gasteiger partial charge on any atom is 0.414 e. The number of aliphatic hydroxyl groups is 1. The van der Waals surface area contributed by atoms with Crippen LogP contribution in [0.1, 0.15) is 17.7 Å². The Morgan fingerprint density at radius 3 is 2.58 bits per heavy atom. The number of halogens is 3. The molecule has 1 fully saturated rings. The first-order valence-electron chi connectivity index (χ1n) is 6.46. The molecule has 1 aromatic rings. The van der Waals surface area contributed by atoms with E-state index in [0.717, 1.165) is 13.0 Å². The highest BCUT2D eigenvalue weighted by molar-refractivity contribution is 7.09. The van der Waals surface area contributed by atoms with E-state index < -0.39 is 18.2 Å². The van der Waals surface area contributed by atoms with Crippen molar-refractivity contribution in [2.24, 2.45) is 5.92 Å². The first kappa shape index (κ1) is 14.8. The molecule has 0 bridgehead atoms. The summed E-state index contributed by atoms with van der Waals surface area (Å²) in [7, 11) is 0. The zero-order valence-electron chi connectivity index (χ0n) is 10.6. The van der Waals surface area contributed by atoms with E-state index >= 15 is 0 Å². The number of alkyl halides is 3. The zero-order chi connectivity index (χ0) is 13.9. The standard InChI is InChI=1S/C13H18F3NOS/c14-13(15,16)12(18)10-3-6-17(7-4-10)8-5-11-2-1-9-19-11/h1-2,9-10,12,18H,3-8H2. The Labute approximate surface area is 114 Å². The van der Waals surface area contributed by atoms with Gasteiger partial charge in [-0.25, -0.2) is 0 Å². The average molecular weight is 293 g/mol. The third-order valence-corrected chi connectivity index (χ3v) is 4.60. The quantitative estimate of drug-likeness (QED) is 0.922. The third-order valence-electron chi connectivity index (χ3n) is 3.67. The van der Waals surface area contributed by atoms with Crippen LogP contribution in [-0.2, 0) is 6.42 Å². The first-order valence-corrected chi connectivity index (χ1v) is 7.34. The number of hydrogen-bond acceptors (Lipinski definition) is 3. The van der Waals surface area contributed by atoms with Crippen LogP contribution in [0.3, 0.4) is 0 Å². The van der Waals surface area contributed by atoms with Gasteiger partial charge < -0.3 is 10.0 Å². The van der Waals surface area contributed by atoms with Gasteiger partial charge in [-0.05, 0) is 49.7 Å². The van der Waals surface area contributed by atoms with Crippen LogP contribution in [0.5, 0.6) is 0 Å². The van der Waals surface area contributed by atoms with E-state index in [1.54, 1.807) is 11.3 Å². The molecule has 0 radical (unpaired) electrons. The van der Waals surface area contributed by atoms with E-state index in [4.69, 9.17) is 0 Å². The van der Waals surface area contributed by atoms with E-state index in [1.165, 1.54) is 4.88 Å². The van der Waals surface area contributed by atoms with Gasteiger partial charge in [0.15, 0.2) is 6.10 Å². The molecule has 0 aromatic carbocycles. The Hall–Kier alpha value is -0.590. The zero-order valence-corrected chi connectivity index (χ0v) is 11.4. The van der Waals surface area contributed by atoms with E-state index in [9.17, 15) is 18.3 Å². The van der Waals surface area contributed by atoms with Gasteiger partial charge in [-0.15, -0.1) is 11.3 Å². The second-order valence-corrected chi connectivity index (χ2v) is 6.03. The van der Waals surface area contributed by atoms with Gasteiger partial charge in [0.25, 0.3) is 0 Å². The summed E-state index contributed by atoms with van der Waals surface area (Å²) in [4.78, 5) is 3.48. The second kappa shape index (κ2) is 6.24. The third kappa shape index (κ3) is 4.19. The number of thiophene rings is 1. The lowest BCUT2D eigenvalue weighted by molar-refractivity contribution is -0.223. The molecule has 0 amide bonds. The van der Waals surface area contributed by atoms with E-state index in [-0.39, 0.29) is 0 Å². The molecule has 2 rings (SSSR count). The Kier molecular flexibility index (Phi) is 4.86. The van der Waals surface area contributed by atoms with Crippen LogP contribution < -0.4 is 0 Å². The predicted molar refractivity (Wildman–Crippen MR) is 69.2 cm³/mol. The summed E-state index contributed by atoms with van der Waals surface area (Å²) in [5, 5.41) is 11.3.